The third kappa shape index (κ3) is 2.90. The van der Waals surface area contributed by atoms with E-state index in [4.69, 9.17) is 0 Å². The molecule has 0 radical (unpaired) electrons. The smallest absolute Gasteiger partial charge is 0.262 e. The zero-order valence-electron chi connectivity index (χ0n) is 15.9. The molecule has 1 N–H and O–H groups in total. The Balaban J connectivity index is 1.38. The first-order valence-corrected chi connectivity index (χ1v) is 10.1. The first kappa shape index (κ1) is 18.2. The summed E-state index contributed by atoms with van der Waals surface area (Å²) in [4.78, 5) is 64.3. The van der Waals surface area contributed by atoms with Gasteiger partial charge in [0, 0.05) is 38.4 Å². The van der Waals surface area contributed by atoms with Crippen LogP contribution in [-0.4, -0.2) is 51.3 Å². The second-order valence-corrected chi connectivity index (χ2v) is 8.29. The fourth-order valence-corrected chi connectivity index (χ4v) is 4.94. The monoisotopic (exact) mass is 395 g/mol. The second kappa shape index (κ2) is 6.59. The van der Waals surface area contributed by atoms with Gasteiger partial charge in [-0.25, -0.2) is 0 Å². The number of hydrogen-bond donors (Lipinski definition) is 1. The van der Waals surface area contributed by atoms with Crippen LogP contribution in [0.25, 0.3) is 0 Å². The van der Waals surface area contributed by atoms with Gasteiger partial charge in [0.05, 0.1) is 11.1 Å². The molecule has 1 aromatic carbocycles. The molecule has 0 bridgehead atoms. The number of ketones is 1. The third-order valence-corrected chi connectivity index (χ3v) is 6.54. The van der Waals surface area contributed by atoms with Crippen molar-refractivity contribution >= 4 is 29.4 Å². The van der Waals surface area contributed by atoms with Crippen molar-refractivity contribution in [2.45, 2.75) is 63.7 Å². The van der Waals surface area contributed by atoms with E-state index in [0.29, 0.717) is 48.9 Å². The molecule has 1 aliphatic carbocycles. The normalized spacial score (nSPS) is 25.4. The summed E-state index contributed by atoms with van der Waals surface area (Å²) in [6.45, 7) is 1.39. The van der Waals surface area contributed by atoms with Gasteiger partial charge in [-0.15, -0.1) is 0 Å². The molecule has 3 heterocycles. The molecule has 8 heteroatoms. The van der Waals surface area contributed by atoms with E-state index >= 15 is 0 Å². The van der Waals surface area contributed by atoms with Crippen LogP contribution in [0.5, 0.6) is 0 Å². The molecule has 1 aromatic rings. The number of rotatable bonds is 2. The second-order valence-electron chi connectivity index (χ2n) is 8.29. The number of amides is 4. The van der Waals surface area contributed by atoms with Crippen LogP contribution in [0.2, 0.25) is 0 Å². The fraction of sp³-hybridized carbons (Fsp3) is 0.476. The SMILES string of the molecule is O=C1CCC(N2Cc3cc4c(cc3C2)C(=O)N(C2CCC(=O)NC2=O)C4=O)CC1. The van der Waals surface area contributed by atoms with Crippen molar-refractivity contribution in [1.29, 1.82) is 0 Å². The molecule has 2 fully saturated rings. The Bertz CT molecular complexity index is 930. The molecule has 4 aliphatic rings. The summed E-state index contributed by atoms with van der Waals surface area (Å²) < 4.78 is 0. The minimum Gasteiger partial charge on any atom is -0.300 e. The average molecular weight is 395 g/mol. The minimum absolute atomic E-state index is 0.110. The molecular weight excluding hydrogens is 374 g/mol. The molecule has 5 rings (SSSR count). The van der Waals surface area contributed by atoms with Crippen molar-refractivity contribution in [3.05, 3.63) is 34.4 Å². The van der Waals surface area contributed by atoms with Crippen LogP contribution in [-0.2, 0) is 27.5 Å². The summed E-state index contributed by atoms with van der Waals surface area (Å²) in [6, 6.07) is 2.97. The average Bonchev–Trinajstić information content (AvgIpc) is 3.21. The standard InChI is InChI=1S/C21H21N3O5/c25-14-3-1-13(2-4-14)23-9-11-7-15-16(8-12(11)10-23)21(29)24(20(15)28)17-5-6-18(26)22-19(17)27/h7-8,13,17H,1-6,9-10H2,(H,22,26,27). The molecule has 0 spiro atoms. The number of Topliss-reactive ketones (excluding diaryl/α,β-unsaturated/α-hetero) is 1. The van der Waals surface area contributed by atoms with Crippen LogP contribution >= 0.6 is 0 Å². The summed E-state index contributed by atoms with van der Waals surface area (Å²) in [5.74, 6) is -1.60. The Kier molecular flexibility index (Phi) is 4.13. The number of fused-ring (bicyclic) bond motifs is 2. The van der Waals surface area contributed by atoms with Gasteiger partial charge >= 0.3 is 0 Å². The van der Waals surface area contributed by atoms with Crippen LogP contribution < -0.4 is 5.32 Å². The Labute approximate surface area is 167 Å². The fourth-order valence-electron chi connectivity index (χ4n) is 4.94. The largest absolute Gasteiger partial charge is 0.300 e. The van der Waals surface area contributed by atoms with Gasteiger partial charge in [0.15, 0.2) is 0 Å². The highest BCUT2D eigenvalue weighted by molar-refractivity contribution is 6.23. The first-order valence-electron chi connectivity index (χ1n) is 10.1. The first-order chi connectivity index (χ1) is 13.9. The van der Waals surface area contributed by atoms with Gasteiger partial charge in [0.25, 0.3) is 11.8 Å². The van der Waals surface area contributed by atoms with Crippen molar-refractivity contribution in [2.75, 3.05) is 0 Å². The number of hydrogen-bond acceptors (Lipinski definition) is 6. The molecule has 3 aliphatic heterocycles. The summed E-state index contributed by atoms with van der Waals surface area (Å²) >= 11 is 0. The topological polar surface area (TPSA) is 104 Å². The van der Waals surface area contributed by atoms with E-state index < -0.39 is 23.8 Å². The van der Waals surface area contributed by atoms with E-state index in [9.17, 15) is 24.0 Å². The van der Waals surface area contributed by atoms with Gasteiger partial charge in [-0.1, -0.05) is 0 Å². The van der Waals surface area contributed by atoms with Crippen LogP contribution in [0.4, 0.5) is 0 Å². The van der Waals surface area contributed by atoms with Gasteiger partial charge in [0.1, 0.15) is 11.8 Å². The lowest BCUT2D eigenvalue weighted by Crippen LogP contribution is -2.54. The maximum atomic E-state index is 12.9. The summed E-state index contributed by atoms with van der Waals surface area (Å²) in [5, 5.41) is 2.21. The van der Waals surface area contributed by atoms with Crippen LogP contribution in [0.15, 0.2) is 12.1 Å². The summed E-state index contributed by atoms with van der Waals surface area (Å²) in [6.07, 6.45) is 3.21. The Morgan fingerprint density at radius 2 is 1.38 bits per heavy atom. The van der Waals surface area contributed by atoms with Crippen molar-refractivity contribution in [3.63, 3.8) is 0 Å². The molecule has 4 amide bonds. The van der Waals surface area contributed by atoms with Gasteiger partial charge in [-0.05, 0) is 42.5 Å². The molecule has 1 atom stereocenters. The molecule has 1 saturated heterocycles. The van der Waals surface area contributed by atoms with Crippen molar-refractivity contribution in [2.24, 2.45) is 0 Å². The van der Waals surface area contributed by atoms with Crippen molar-refractivity contribution in [3.8, 4) is 0 Å². The number of carbonyl (C=O) groups excluding carboxylic acids is 5. The molecular formula is C21H21N3O5. The van der Waals surface area contributed by atoms with Crippen LogP contribution in [0.3, 0.4) is 0 Å². The molecule has 0 aromatic heterocycles. The number of piperidine rings is 1. The maximum absolute atomic E-state index is 12.9. The van der Waals surface area contributed by atoms with Crippen LogP contribution in [0, 0.1) is 0 Å². The quantitative estimate of drug-likeness (QED) is 0.747. The van der Waals surface area contributed by atoms with Gasteiger partial charge < -0.3 is 0 Å². The summed E-state index contributed by atoms with van der Waals surface area (Å²) in [5.41, 5.74) is 2.71. The zero-order valence-corrected chi connectivity index (χ0v) is 15.9. The van der Waals surface area contributed by atoms with E-state index in [-0.39, 0.29) is 18.7 Å². The molecule has 150 valence electrons. The lowest BCUT2D eigenvalue weighted by molar-refractivity contribution is -0.136. The van der Waals surface area contributed by atoms with Gasteiger partial charge in [0.2, 0.25) is 11.8 Å². The lowest BCUT2D eigenvalue weighted by Gasteiger charge is -2.30. The number of carbonyl (C=O) groups is 5. The molecule has 1 unspecified atom stereocenters. The van der Waals surface area contributed by atoms with Gasteiger partial charge in [-0.2, -0.15) is 0 Å². The third-order valence-electron chi connectivity index (χ3n) is 6.54. The minimum atomic E-state index is -0.939. The maximum Gasteiger partial charge on any atom is 0.262 e. The van der Waals surface area contributed by atoms with E-state index in [1.807, 2.05) is 0 Å². The predicted molar refractivity (Wildman–Crippen MR) is 99.6 cm³/mol. The van der Waals surface area contributed by atoms with E-state index in [0.717, 1.165) is 28.9 Å². The number of nitrogens with one attached hydrogen (secondary N) is 1. The Morgan fingerprint density at radius 3 is 1.93 bits per heavy atom. The van der Waals surface area contributed by atoms with E-state index in [1.54, 1.807) is 12.1 Å². The van der Waals surface area contributed by atoms with Crippen molar-refractivity contribution in [1.82, 2.24) is 15.1 Å². The number of nitrogens with zero attached hydrogens (tertiary/aromatic N) is 2. The highest BCUT2D eigenvalue weighted by Gasteiger charge is 2.45. The predicted octanol–water partition coefficient (Wildman–Crippen LogP) is 0.915. The highest BCUT2D eigenvalue weighted by Crippen LogP contribution is 2.35. The number of benzene rings is 1. The summed E-state index contributed by atoms with van der Waals surface area (Å²) in [7, 11) is 0. The molecule has 8 nitrogen and oxygen atoms in total. The van der Waals surface area contributed by atoms with Gasteiger partial charge in [-0.3, -0.25) is 39.1 Å². The van der Waals surface area contributed by atoms with Crippen molar-refractivity contribution < 1.29 is 24.0 Å². The Hall–Kier alpha value is -2.87. The lowest BCUT2D eigenvalue weighted by atomic mass is 9.93. The zero-order chi connectivity index (χ0) is 20.3. The molecule has 1 saturated carbocycles. The number of imide groups is 2. The molecule has 29 heavy (non-hydrogen) atoms. The van der Waals surface area contributed by atoms with Crippen LogP contribution in [0.1, 0.15) is 70.4 Å². The highest BCUT2D eigenvalue weighted by atomic mass is 16.2. The van der Waals surface area contributed by atoms with E-state index in [1.165, 1.54) is 0 Å². The Morgan fingerprint density at radius 1 is 0.793 bits per heavy atom. The van der Waals surface area contributed by atoms with E-state index in [2.05, 4.69) is 10.2 Å².